The lowest BCUT2D eigenvalue weighted by Gasteiger charge is -2.24. The summed E-state index contributed by atoms with van der Waals surface area (Å²) in [5, 5.41) is 10.1. The molecule has 0 saturated heterocycles. The fraction of sp³-hybridized carbons (Fsp3) is 0.333. The number of rotatable bonds is 9. The molecule has 0 spiro atoms. The minimum atomic E-state index is -0.300. The van der Waals surface area contributed by atoms with Crippen LogP contribution >= 0.6 is 11.6 Å². The molecule has 0 radical (unpaired) electrons. The molecule has 1 unspecified atom stereocenters. The van der Waals surface area contributed by atoms with Crippen LogP contribution in [-0.4, -0.2) is 39.7 Å². The quantitative estimate of drug-likeness (QED) is 0.501. The molecule has 1 aliphatic rings. The summed E-state index contributed by atoms with van der Waals surface area (Å²) in [7, 11) is 0. The van der Waals surface area contributed by atoms with Gasteiger partial charge in [0.1, 0.15) is 11.4 Å². The summed E-state index contributed by atoms with van der Waals surface area (Å²) in [6, 6.07) is 19.7. The molecule has 172 valence electrons. The highest BCUT2D eigenvalue weighted by molar-refractivity contribution is 6.30. The number of carbonyl (C=O) groups excluding carboxylic acids is 1. The number of benzene rings is 2. The average molecular weight is 465 g/mol. The molecule has 0 saturated carbocycles. The minimum absolute atomic E-state index is 0.0130. The molecule has 2 heterocycles. The van der Waals surface area contributed by atoms with Gasteiger partial charge < -0.3 is 14.7 Å². The van der Waals surface area contributed by atoms with Crippen molar-refractivity contribution in [2.45, 2.75) is 44.8 Å². The SMILES string of the molecule is CC1(Cc2ccc(Cl)cc2)Cc2cc(CCC(=O)N(CCO)Cc3ccccn3)ccc2O1. The Kier molecular flexibility index (Phi) is 7.31. The van der Waals surface area contributed by atoms with Gasteiger partial charge in [-0.05, 0) is 60.4 Å². The van der Waals surface area contributed by atoms with Crippen LogP contribution in [0, 0.1) is 0 Å². The van der Waals surface area contributed by atoms with Crippen molar-refractivity contribution in [3.8, 4) is 5.75 Å². The number of nitrogens with zero attached hydrogens (tertiary/aromatic N) is 2. The third-order valence-corrected chi connectivity index (χ3v) is 6.22. The van der Waals surface area contributed by atoms with Crippen LogP contribution in [0.5, 0.6) is 5.75 Å². The summed E-state index contributed by atoms with van der Waals surface area (Å²) < 4.78 is 6.30. The van der Waals surface area contributed by atoms with E-state index in [-0.39, 0.29) is 18.1 Å². The van der Waals surface area contributed by atoms with Crippen molar-refractivity contribution in [2.75, 3.05) is 13.2 Å². The summed E-state index contributed by atoms with van der Waals surface area (Å²) in [6.07, 6.45) is 4.36. The molecule has 1 N–H and O–H groups in total. The van der Waals surface area contributed by atoms with Crippen LogP contribution in [0.3, 0.4) is 0 Å². The Morgan fingerprint density at radius 2 is 1.94 bits per heavy atom. The molecule has 2 aromatic carbocycles. The van der Waals surface area contributed by atoms with E-state index in [0.717, 1.165) is 34.9 Å². The maximum absolute atomic E-state index is 12.8. The number of aromatic nitrogens is 1. The van der Waals surface area contributed by atoms with Crippen molar-refractivity contribution in [2.24, 2.45) is 0 Å². The molecule has 0 aliphatic carbocycles. The number of carbonyl (C=O) groups is 1. The fourth-order valence-corrected chi connectivity index (χ4v) is 4.50. The van der Waals surface area contributed by atoms with E-state index in [0.29, 0.717) is 25.9 Å². The van der Waals surface area contributed by atoms with Crippen molar-refractivity contribution >= 4 is 17.5 Å². The zero-order chi connectivity index (χ0) is 23.3. The standard InChI is InChI=1S/C27H29ClN2O3/c1-27(17-21-5-9-23(28)10-6-21)18-22-16-20(7-11-25(22)33-27)8-12-26(32)30(14-15-31)19-24-4-2-3-13-29-24/h2-7,9-11,13,16,31H,8,12,14-15,17-19H2,1H3. The molecule has 4 rings (SSSR count). The lowest BCUT2D eigenvalue weighted by molar-refractivity contribution is -0.132. The molecular formula is C27H29ClN2O3. The molecule has 5 nitrogen and oxygen atoms in total. The number of pyridine rings is 1. The van der Waals surface area contributed by atoms with Crippen molar-refractivity contribution in [3.05, 3.63) is 94.3 Å². The van der Waals surface area contributed by atoms with Gasteiger partial charge in [0.2, 0.25) is 5.91 Å². The first-order valence-electron chi connectivity index (χ1n) is 11.3. The third kappa shape index (κ3) is 6.12. The number of aliphatic hydroxyl groups excluding tert-OH is 1. The Morgan fingerprint density at radius 1 is 1.15 bits per heavy atom. The topological polar surface area (TPSA) is 62.7 Å². The first-order chi connectivity index (χ1) is 15.9. The molecule has 0 bridgehead atoms. The smallest absolute Gasteiger partial charge is 0.223 e. The maximum Gasteiger partial charge on any atom is 0.223 e. The summed E-state index contributed by atoms with van der Waals surface area (Å²) in [5.74, 6) is 0.928. The van der Waals surface area contributed by atoms with Gasteiger partial charge in [-0.2, -0.15) is 0 Å². The van der Waals surface area contributed by atoms with E-state index < -0.39 is 0 Å². The normalized spacial score (nSPS) is 16.8. The molecule has 1 aliphatic heterocycles. The Balaban J connectivity index is 1.36. The fourth-order valence-electron chi connectivity index (χ4n) is 4.37. The number of aryl methyl sites for hydroxylation is 1. The van der Waals surface area contributed by atoms with Gasteiger partial charge in [-0.25, -0.2) is 0 Å². The van der Waals surface area contributed by atoms with Gasteiger partial charge in [0, 0.05) is 37.0 Å². The van der Waals surface area contributed by atoms with Gasteiger partial charge in [-0.1, -0.05) is 41.9 Å². The highest BCUT2D eigenvalue weighted by atomic mass is 35.5. The second kappa shape index (κ2) is 10.4. The van der Waals surface area contributed by atoms with E-state index in [1.165, 1.54) is 11.1 Å². The van der Waals surface area contributed by atoms with E-state index in [1.807, 2.05) is 54.6 Å². The summed E-state index contributed by atoms with van der Waals surface area (Å²) in [4.78, 5) is 18.8. The molecule has 6 heteroatoms. The van der Waals surface area contributed by atoms with Crippen molar-refractivity contribution in [1.29, 1.82) is 0 Å². The van der Waals surface area contributed by atoms with Crippen LogP contribution in [0.2, 0.25) is 5.02 Å². The molecule has 0 fully saturated rings. The summed E-state index contributed by atoms with van der Waals surface area (Å²) in [6.45, 7) is 2.77. The third-order valence-electron chi connectivity index (χ3n) is 5.97. The largest absolute Gasteiger partial charge is 0.487 e. The predicted octanol–water partition coefficient (Wildman–Crippen LogP) is 4.63. The second-order valence-electron chi connectivity index (χ2n) is 8.83. The molecule has 1 aromatic heterocycles. The van der Waals surface area contributed by atoms with E-state index in [9.17, 15) is 9.90 Å². The highest BCUT2D eigenvalue weighted by Gasteiger charge is 2.35. The van der Waals surface area contributed by atoms with Crippen LogP contribution in [0.15, 0.2) is 66.9 Å². The van der Waals surface area contributed by atoms with Gasteiger partial charge in [0.15, 0.2) is 0 Å². The number of hydrogen-bond acceptors (Lipinski definition) is 4. The molecule has 1 atom stereocenters. The van der Waals surface area contributed by atoms with Crippen LogP contribution in [-0.2, 0) is 30.6 Å². The monoisotopic (exact) mass is 464 g/mol. The Hall–Kier alpha value is -2.89. The highest BCUT2D eigenvalue weighted by Crippen LogP contribution is 2.37. The van der Waals surface area contributed by atoms with E-state index in [1.54, 1.807) is 11.1 Å². The van der Waals surface area contributed by atoms with Crippen LogP contribution in [0.4, 0.5) is 0 Å². The first kappa shape index (κ1) is 23.3. The van der Waals surface area contributed by atoms with E-state index >= 15 is 0 Å². The van der Waals surface area contributed by atoms with Gasteiger partial charge in [-0.3, -0.25) is 9.78 Å². The predicted molar refractivity (Wildman–Crippen MR) is 129 cm³/mol. The molecule has 3 aromatic rings. The van der Waals surface area contributed by atoms with Crippen LogP contribution in [0.25, 0.3) is 0 Å². The lowest BCUT2D eigenvalue weighted by atomic mass is 9.91. The molecular weight excluding hydrogens is 436 g/mol. The Labute approximate surface area is 200 Å². The number of halogens is 1. The van der Waals surface area contributed by atoms with Crippen LogP contribution < -0.4 is 4.74 Å². The van der Waals surface area contributed by atoms with Crippen molar-refractivity contribution in [1.82, 2.24) is 9.88 Å². The number of ether oxygens (including phenoxy) is 1. The second-order valence-corrected chi connectivity index (χ2v) is 9.27. The Morgan fingerprint density at radius 3 is 2.67 bits per heavy atom. The van der Waals surface area contributed by atoms with Gasteiger partial charge >= 0.3 is 0 Å². The number of aliphatic hydroxyl groups is 1. The molecule has 1 amide bonds. The van der Waals surface area contributed by atoms with Crippen molar-refractivity contribution < 1.29 is 14.6 Å². The zero-order valence-electron chi connectivity index (χ0n) is 18.8. The van der Waals surface area contributed by atoms with Crippen molar-refractivity contribution in [3.63, 3.8) is 0 Å². The summed E-state index contributed by atoms with van der Waals surface area (Å²) in [5.41, 5.74) is 4.00. The lowest BCUT2D eigenvalue weighted by Crippen LogP contribution is -2.33. The van der Waals surface area contributed by atoms with Crippen LogP contribution in [0.1, 0.15) is 35.7 Å². The van der Waals surface area contributed by atoms with E-state index in [2.05, 4.69) is 18.0 Å². The minimum Gasteiger partial charge on any atom is -0.487 e. The summed E-state index contributed by atoms with van der Waals surface area (Å²) >= 11 is 6.01. The molecule has 33 heavy (non-hydrogen) atoms. The number of fused-ring (bicyclic) bond motifs is 1. The van der Waals surface area contributed by atoms with Gasteiger partial charge in [-0.15, -0.1) is 0 Å². The van der Waals surface area contributed by atoms with Gasteiger partial charge in [0.25, 0.3) is 0 Å². The number of amides is 1. The average Bonchev–Trinajstić information content (AvgIpc) is 3.14. The number of hydrogen-bond donors (Lipinski definition) is 1. The first-order valence-corrected chi connectivity index (χ1v) is 11.7. The maximum atomic E-state index is 12.8. The zero-order valence-corrected chi connectivity index (χ0v) is 19.6. The van der Waals surface area contributed by atoms with E-state index in [4.69, 9.17) is 16.3 Å². The Bertz CT molecular complexity index is 1090. The van der Waals surface area contributed by atoms with Gasteiger partial charge in [0.05, 0.1) is 18.8 Å².